The van der Waals surface area contributed by atoms with Crippen LogP contribution in [0, 0.1) is 0 Å². The fourth-order valence-corrected chi connectivity index (χ4v) is 3.31. The Morgan fingerprint density at radius 3 is 2.60 bits per heavy atom. The fraction of sp³-hybridized carbons (Fsp3) is 0.250. The summed E-state index contributed by atoms with van der Waals surface area (Å²) in [5.74, 6) is 1.29. The molecule has 2 heterocycles. The first-order valence-corrected chi connectivity index (χ1v) is 8.09. The van der Waals surface area contributed by atoms with Crippen LogP contribution in [0.3, 0.4) is 0 Å². The second kappa shape index (κ2) is 6.26. The number of rotatable bonds is 3. The van der Waals surface area contributed by atoms with Crippen LogP contribution in [0.1, 0.15) is 22.8 Å². The lowest BCUT2D eigenvalue weighted by Crippen LogP contribution is -2.23. The highest BCUT2D eigenvalue weighted by Crippen LogP contribution is 2.39. The van der Waals surface area contributed by atoms with Crippen LogP contribution in [0.25, 0.3) is 11.0 Å². The van der Waals surface area contributed by atoms with E-state index in [1.54, 1.807) is 26.4 Å². The zero-order valence-corrected chi connectivity index (χ0v) is 14.1. The average Bonchev–Trinajstić information content (AvgIpc) is 2.67. The van der Waals surface area contributed by atoms with E-state index in [0.29, 0.717) is 34.6 Å². The molecule has 3 aromatic rings. The van der Waals surface area contributed by atoms with Crippen LogP contribution in [0.2, 0.25) is 0 Å². The first-order valence-electron chi connectivity index (χ1n) is 8.09. The first kappa shape index (κ1) is 15.7. The highest BCUT2D eigenvalue weighted by atomic mass is 16.5. The molecule has 0 amide bonds. The highest BCUT2D eigenvalue weighted by Gasteiger charge is 2.28. The van der Waals surface area contributed by atoms with Crippen molar-refractivity contribution in [2.45, 2.75) is 12.5 Å². The normalized spacial score (nSPS) is 16.5. The van der Waals surface area contributed by atoms with Gasteiger partial charge in [0.15, 0.2) is 16.9 Å². The number of para-hydroxylation sites is 1. The Labute approximate surface area is 144 Å². The second-order valence-electron chi connectivity index (χ2n) is 5.92. The molecule has 4 rings (SSSR count). The number of fused-ring (bicyclic) bond motifs is 2. The topological polar surface area (TPSA) is 57.9 Å². The number of hydrogen-bond donors (Lipinski definition) is 0. The van der Waals surface area contributed by atoms with E-state index in [4.69, 9.17) is 18.6 Å². The van der Waals surface area contributed by atoms with Gasteiger partial charge in [0.2, 0.25) is 0 Å². The molecule has 0 spiro atoms. The number of benzene rings is 2. The standard InChI is InChI=1S/C20H18O5/c1-22-17-9-12-7-8-24-20(14(12)10-18(17)23-2)15-11-25-16-6-4-3-5-13(16)19(15)21/h3-6,9-11,20H,7-8H2,1-2H3/t20-/m0/s1. The highest BCUT2D eigenvalue weighted by molar-refractivity contribution is 5.76. The lowest BCUT2D eigenvalue weighted by molar-refractivity contribution is 0.0678. The Hall–Kier alpha value is -2.79. The minimum atomic E-state index is -0.482. The molecule has 1 atom stereocenters. The molecule has 0 bridgehead atoms. The van der Waals surface area contributed by atoms with Crippen molar-refractivity contribution in [3.63, 3.8) is 0 Å². The summed E-state index contributed by atoms with van der Waals surface area (Å²) in [5.41, 5.74) is 2.98. The predicted octanol–water partition coefficient (Wildman–Crippen LogP) is 3.47. The van der Waals surface area contributed by atoms with Crippen molar-refractivity contribution in [2.24, 2.45) is 0 Å². The van der Waals surface area contributed by atoms with E-state index in [0.717, 1.165) is 17.5 Å². The monoisotopic (exact) mass is 338 g/mol. The van der Waals surface area contributed by atoms with Gasteiger partial charge in [-0.1, -0.05) is 12.1 Å². The molecular formula is C20H18O5. The molecule has 2 aromatic carbocycles. The van der Waals surface area contributed by atoms with Gasteiger partial charge < -0.3 is 18.6 Å². The van der Waals surface area contributed by atoms with Gasteiger partial charge in [-0.2, -0.15) is 0 Å². The third-order valence-electron chi connectivity index (χ3n) is 4.57. The molecule has 5 nitrogen and oxygen atoms in total. The number of hydrogen-bond acceptors (Lipinski definition) is 5. The van der Waals surface area contributed by atoms with E-state index < -0.39 is 6.10 Å². The van der Waals surface area contributed by atoms with Crippen molar-refractivity contribution in [2.75, 3.05) is 20.8 Å². The van der Waals surface area contributed by atoms with Crippen LogP contribution in [0.15, 0.2) is 51.9 Å². The Morgan fingerprint density at radius 2 is 1.80 bits per heavy atom. The Kier molecular flexibility index (Phi) is 3.93. The molecule has 0 fully saturated rings. The van der Waals surface area contributed by atoms with E-state index in [-0.39, 0.29) is 5.43 Å². The van der Waals surface area contributed by atoms with Gasteiger partial charge >= 0.3 is 0 Å². The van der Waals surface area contributed by atoms with Gasteiger partial charge in [0.1, 0.15) is 18.0 Å². The smallest absolute Gasteiger partial charge is 0.198 e. The fourth-order valence-electron chi connectivity index (χ4n) is 3.31. The molecule has 128 valence electrons. The lowest BCUT2D eigenvalue weighted by atomic mass is 9.92. The van der Waals surface area contributed by atoms with Crippen LogP contribution in [-0.4, -0.2) is 20.8 Å². The SMILES string of the molecule is COc1cc2c(cc1OC)[C@@H](c1coc3ccccc3c1=O)OCC2. The van der Waals surface area contributed by atoms with E-state index in [1.807, 2.05) is 24.3 Å². The molecule has 25 heavy (non-hydrogen) atoms. The maximum absolute atomic E-state index is 12.9. The molecule has 0 aliphatic carbocycles. The average molecular weight is 338 g/mol. The maximum atomic E-state index is 12.9. The van der Waals surface area contributed by atoms with Crippen LogP contribution in [0.5, 0.6) is 11.5 Å². The summed E-state index contributed by atoms with van der Waals surface area (Å²) in [7, 11) is 3.20. The van der Waals surface area contributed by atoms with Gasteiger partial charge in [-0.3, -0.25) is 4.79 Å². The number of methoxy groups -OCH3 is 2. The predicted molar refractivity (Wildman–Crippen MR) is 93.5 cm³/mol. The Morgan fingerprint density at radius 1 is 1.04 bits per heavy atom. The molecule has 0 N–H and O–H groups in total. The third kappa shape index (κ3) is 2.57. The van der Waals surface area contributed by atoms with E-state index in [1.165, 1.54) is 6.26 Å². The van der Waals surface area contributed by atoms with Crippen molar-refractivity contribution in [1.29, 1.82) is 0 Å². The summed E-state index contributed by atoms with van der Waals surface area (Å²) in [5, 5.41) is 0.552. The first-order chi connectivity index (χ1) is 12.2. The van der Waals surface area contributed by atoms with Crippen LogP contribution in [0.4, 0.5) is 0 Å². The van der Waals surface area contributed by atoms with Gasteiger partial charge in [-0.05, 0) is 41.8 Å². The van der Waals surface area contributed by atoms with Gasteiger partial charge in [0, 0.05) is 0 Å². The summed E-state index contributed by atoms with van der Waals surface area (Å²) in [6, 6.07) is 11.0. The molecule has 1 aromatic heterocycles. The third-order valence-corrected chi connectivity index (χ3v) is 4.57. The Balaban J connectivity index is 1.89. The summed E-state index contributed by atoms with van der Waals surface area (Å²) in [6.07, 6.45) is 1.77. The van der Waals surface area contributed by atoms with Crippen LogP contribution >= 0.6 is 0 Å². The van der Waals surface area contributed by atoms with Gasteiger partial charge in [0.05, 0.1) is 31.8 Å². The van der Waals surface area contributed by atoms with Gasteiger partial charge in [0.25, 0.3) is 0 Å². The molecule has 1 aliphatic rings. The largest absolute Gasteiger partial charge is 0.493 e. The molecule has 0 saturated heterocycles. The van der Waals surface area contributed by atoms with Crippen molar-refractivity contribution in [1.82, 2.24) is 0 Å². The quantitative estimate of drug-likeness (QED) is 0.732. The van der Waals surface area contributed by atoms with E-state index in [2.05, 4.69) is 0 Å². The van der Waals surface area contributed by atoms with Crippen molar-refractivity contribution in [3.8, 4) is 11.5 Å². The van der Waals surface area contributed by atoms with Crippen LogP contribution < -0.4 is 14.9 Å². The molecule has 0 radical (unpaired) electrons. The minimum Gasteiger partial charge on any atom is -0.493 e. The zero-order valence-electron chi connectivity index (χ0n) is 14.1. The second-order valence-corrected chi connectivity index (χ2v) is 5.92. The number of ether oxygens (including phenoxy) is 3. The summed E-state index contributed by atoms with van der Waals surface area (Å²) in [4.78, 5) is 12.9. The van der Waals surface area contributed by atoms with Gasteiger partial charge in [-0.25, -0.2) is 0 Å². The van der Waals surface area contributed by atoms with E-state index >= 15 is 0 Å². The van der Waals surface area contributed by atoms with Crippen molar-refractivity contribution < 1.29 is 18.6 Å². The Bertz CT molecular complexity index is 989. The lowest BCUT2D eigenvalue weighted by Gasteiger charge is -2.27. The van der Waals surface area contributed by atoms with Crippen molar-refractivity contribution >= 4 is 11.0 Å². The minimum absolute atomic E-state index is 0.0746. The maximum Gasteiger partial charge on any atom is 0.198 e. The molecular weight excluding hydrogens is 320 g/mol. The van der Waals surface area contributed by atoms with Gasteiger partial charge in [-0.15, -0.1) is 0 Å². The molecule has 5 heteroatoms. The van der Waals surface area contributed by atoms with Crippen LogP contribution in [-0.2, 0) is 11.2 Å². The summed E-state index contributed by atoms with van der Waals surface area (Å²) >= 11 is 0. The molecule has 0 saturated carbocycles. The summed E-state index contributed by atoms with van der Waals surface area (Å²) < 4.78 is 22.4. The molecule has 1 aliphatic heterocycles. The molecule has 0 unspecified atom stereocenters. The summed E-state index contributed by atoms with van der Waals surface area (Å²) in [6.45, 7) is 0.527. The van der Waals surface area contributed by atoms with Crippen molar-refractivity contribution in [3.05, 3.63) is 69.6 Å². The zero-order chi connectivity index (χ0) is 17.4. The van der Waals surface area contributed by atoms with E-state index in [9.17, 15) is 4.79 Å².